The monoisotopic (exact) mass is 453 g/mol. The standard InChI is InChI=1S/C24H28ClN5O2/c1-3-4-12-32-23(31)21(17-8-6-5-7-9-17)30(2)15-16-10-11-18-19(13-16)22(29-24(26)27)28-14-20(18)25/h5-11,13-14,21H,3-4,12,15H2,1-2H3,(H4,26,27,28,29)/t21-/m0/s1. The van der Waals surface area contributed by atoms with Gasteiger partial charge in [-0.1, -0.05) is 67.4 Å². The van der Waals surface area contributed by atoms with Gasteiger partial charge in [0, 0.05) is 23.5 Å². The maximum Gasteiger partial charge on any atom is 0.328 e. The van der Waals surface area contributed by atoms with Crippen LogP contribution in [0.3, 0.4) is 0 Å². The Morgan fingerprint density at radius 3 is 2.62 bits per heavy atom. The minimum atomic E-state index is -0.529. The van der Waals surface area contributed by atoms with Gasteiger partial charge in [-0.15, -0.1) is 0 Å². The molecular weight excluding hydrogens is 426 g/mol. The van der Waals surface area contributed by atoms with Crippen LogP contribution >= 0.6 is 11.6 Å². The van der Waals surface area contributed by atoms with Crippen LogP contribution in [-0.4, -0.2) is 35.5 Å². The lowest BCUT2D eigenvalue weighted by Gasteiger charge is -2.27. The number of pyridine rings is 1. The van der Waals surface area contributed by atoms with E-state index in [1.165, 1.54) is 6.20 Å². The lowest BCUT2D eigenvalue weighted by Crippen LogP contribution is -2.32. The van der Waals surface area contributed by atoms with Crippen molar-refractivity contribution in [3.63, 3.8) is 0 Å². The molecule has 7 nitrogen and oxygen atoms in total. The highest BCUT2D eigenvalue weighted by atomic mass is 35.5. The lowest BCUT2D eigenvalue weighted by atomic mass is 10.0. The smallest absolute Gasteiger partial charge is 0.328 e. The van der Waals surface area contributed by atoms with Gasteiger partial charge in [-0.3, -0.25) is 4.90 Å². The number of benzene rings is 2. The minimum Gasteiger partial charge on any atom is -0.464 e. The first-order valence-corrected chi connectivity index (χ1v) is 10.9. The zero-order valence-electron chi connectivity index (χ0n) is 18.3. The summed E-state index contributed by atoms with van der Waals surface area (Å²) in [7, 11) is 1.90. The average Bonchev–Trinajstić information content (AvgIpc) is 2.76. The van der Waals surface area contributed by atoms with Gasteiger partial charge in [0.05, 0.1) is 11.6 Å². The van der Waals surface area contributed by atoms with Gasteiger partial charge in [0.15, 0.2) is 11.8 Å². The number of likely N-dealkylation sites (N-methyl/N-ethyl adjacent to an activating group) is 1. The van der Waals surface area contributed by atoms with Crippen LogP contribution in [0.1, 0.15) is 36.9 Å². The van der Waals surface area contributed by atoms with E-state index in [4.69, 9.17) is 27.8 Å². The van der Waals surface area contributed by atoms with E-state index in [1.807, 2.05) is 60.5 Å². The number of carbonyl (C=O) groups excluding carboxylic acids is 1. The molecule has 8 heteroatoms. The summed E-state index contributed by atoms with van der Waals surface area (Å²) in [5.41, 5.74) is 12.9. The van der Waals surface area contributed by atoms with E-state index >= 15 is 0 Å². The number of nitrogens with two attached hydrogens (primary N) is 2. The van der Waals surface area contributed by atoms with E-state index in [9.17, 15) is 4.79 Å². The summed E-state index contributed by atoms with van der Waals surface area (Å²) >= 11 is 6.31. The summed E-state index contributed by atoms with van der Waals surface area (Å²) in [5.74, 6) is 0.0499. The Balaban J connectivity index is 1.92. The molecule has 3 aromatic rings. The summed E-state index contributed by atoms with van der Waals surface area (Å²) in [5, 5.41) is 2.04. The molecule has 0 amide bonds. The minimum absolute atomic E-state index is 0.0809. The first-order valence-electron chi connectivity index (χ1n) is 10.5. The molecule has 3 rings (SSSR count). The molecule has 0 saturated carbocycles. The fourth-order valence-electron chi connectivity index (χ4n) is 3.53. The summed E-state index contributed by atoms with van der Waals surface area (Å²) < 4.78 is 5.55. The van der Waals surface area contributed by atoms with Crippen molar-refractivity contribution in [3.8, 4) is 0 Å². The Morgan fingerprint density at radius 1 is 1.19 bits per heavy atom. The molecule has 0 bridgehead atoms. The summed E-state index contributed by atoms with van der Waals surface area (Å²) in [6.45, 7) is 2.97. The first kappa shape index (κ1) is 23.5. The number of guanidine groups is 1. The second-order valence-corrected chi connectivity index (χ2v) is 8.00. The predicted molar refractivity (Wildman–Crippen MR) is 129 cm³/mol. The van der Waals surface area contributed by atoms with Crippen molar-refractivity contribution in [2.45, 2.75) is 32.4 Å². The van der Waals surface area contributed by atoms with Crippen LogP contribution in [0, 0.1) is 0 Å². The number of hydrogen-bond acceptors (Lipinski definition) is 5. The molecule has 4 N–H and O–H groups in total. The van der Waals surface area contributed by atoms with Crippen LogP contribution in [0.15, 0.2) is 59.7 Å². The number of fused-ring (bicyclic) bond motifs is 1. The number of unbranched alkanes of at least 4 members (excludes halogenated alkanes) is 1. The number of rotatable bonds is 9. The van der Waals surface area contributed by atoms with Crippen LogP contribution in [0.5, 0.6) is 0 Å². The molecule has 1 aromatic heterocycles. The average molecular weight is 454 g/mol. The zero-order valence-corrected chi connectivity index (χ0v) is 19.0. The highest BCUT2D eigenvalue weighted by Crippen LogP contribution is 2.31. The Hall–Kier alpha value is -3.16. The van der Waals surface area contributed by atoms with E-state index < -0.39 is 6.04 Å². The molecule has 0 saturated heterocycles. The maximum atomic E-state index is 12.9. The predicted octanol–water partition coefficient (Wildman–Crippen LogP) is 4.31. The van der Waals surface area contributed by atoms with Gasteiger partial charge in [-0.05, 0) is 30.7 Å². The van der Waals surface area contributed by atoms with Crippen LogP contribution in [0.2, 0.25) is 5.02 Å². The number of halogens is 1. The quantitative estimate of drug-likeness (QED) is 0.216. The van der Waals surface area contributed by atoms with Crippen LogP contribution in [-0.2, 0) is 16.1 Å². The Kier molecular flexibility index (Phi) is 8.03. The molecule has 168 valence electrons. The van der Waals surface area contributed by atoms with E-state index in [-0.39, 0.29) is 11.9 Å². The third-order valence-corrected chi connectivity index (χ3v) is 5.37. The molecule has 0 fully saturated rings. The van der Waals surface area contributed by atoms with Gasteiger partial charge in [-0.2, -0.15) is 4.99 Å². The molecular formula is C24H28ClN5O2. The van der Waals surface area contributed by atoms with Crippen molar-refractivity contribution in [2.24, 2.45) is 16.5 Å². The number of aliphatic imine (C=N–C) groups is 1. The van der Waals surface area contributed by atoms with E-state index in [0.29, 0.717) is 24.0 Å². The van der Waals surface area contributed by atoms with Crippen LogP contribution < -0.4 is 11.5 Å². The van der Waals surface area contributed by atoms with Gasteiger partial charge in [0.25, 0.3) is 0 Å². The molecule has 0 aliphatic heterocycles. The van der Waals surface area contributed by atoms with Crippen molar-refractivity contribution in [1.82, 2.24) is 9.88 Å². The molecule has 32 heavy (non-hydrogen) atoms. The van der Waals surface area contributed by atoms with Crippen molar-refractivity contribution in [3.05, 3.63) is 70.9 Å². The third-order valence-electron chi connectivity index (χ3n) is 5.07. The Morgan fingerprint density at radius 2 is 1.94 bits per heavy atom. The summed E-state index contributed by atoms with van der Waals surface area (Å²) in [4.78, 5) is 23.3. The number of nitrogens with zero attached hydrogens (tertiary/aromatic N) is 3. The van der Waals surface area contributed by atoms with Gasteiger partial charge in [-0.25, -0.2) is 9.78 Å². The van der Waals surface area contributed by atoms with E-state index in [0.717, 1.165) is 34.7 Å². The molecule has 0 aliphatic rings. The number of ether oxygens (including phenoxy) is 1. The first-order chi connectivity index (χ1) is 15.4. The third kappa shape index (κ3) is 5.75. The molecule has 1 atom stereocenters. The normalized spacial score (nSPS) is 12.0. The maximum absolute atomic E-state index is 12.9. The largest absolute Gasteiger partial charge is 0.464 e. The molecule has 2 aromatic carbocycles. The second kappa shape index (κ2) is 10.9. The molecule has 0 spiro atoms. The van der Waals surface area contributed by atoms with E-state index in [2.05, 4.69) is 16.9 Å². The zero-order chi connectivity index (χ0) is 23.1. The second-order valence-electron chi connectivity index (χ2n) is 7.60. The molecule has 0 aliphatic carbocycles. The molecule has 0 radical (unpaired) electrons. The number of hydrogen-bond donors (Lipinski definition) is 2. The summed E-state index contributed by atoms with van der Waals surface area (Å²) in [6.07, 6.45) is 3.32. The van der Waals surface area contributed by atoms with Crippen LogP contribution in [0.4, 0.5) is 5.82 Å². The molecule has 1 heterocycles. The summed E-state index contributed by atoms with van der Waals surface area (Å²) in [6, 6.07) is 14.9. The van der Waals surface area contributed by atoms with Crippen molar-refractivity contribution < 1.29 is 9.53 Å². The van der Waals surface area contributed by atoms with E-state index in [1.54, 1.807) is 0 Å². The molecule has 0 unspecified atom stereocenters. The fourth-order valence-corrected chi connectivity index (χ4v) is 3.75. The van der Waals surface area contributed by atoms with Gasteiger partial charge >= 0.3 is 5.97 Å². The lowest BCUT2D eigenvalue weighted by molar-refractivity contribution is -0.150. The number of aromatic nitrogens is 1. The Labute approximate surface area is 193 Å². The highest BCUT2D eigenvalue weighted by molar-refractivity contribution is 6.35. The van der Waals surface area contributed by atoms with Gasteiger partial charge in [0.1, 0.15) is 6.04 Å². The van der Waals surface area contributed by atoms with Gasteiger partial charge in [0.2, 0.25) is 0 Å². The van der Waals surface area contributed by atoms with Crippen molar-refractivity contribution >= 4 is 40.1 Å². The van der Waals surface area contributed by atoms with Crippen molar-refractivity contribution in [2.75, 3.05) is 13.7 Å². The Bertz CT molecular complexity index is 1100. The highest BCUT2D eigenvalue weighted by Gasteiger charge is 2.26. The number of carbonyl (C=O) groups is 1. The number of esters is 1. The van der Waals surface area contributed by atoms with Gasteiger partial charge < -0.3 is 16.2 Å². The fraction of sp³-hybridized carbons (Fsp3) is 0.292. The topological polar surface area (TPSA) is 107 Å². The van der Waals surface area contributed by atoms with Crippen LogP contribution in [0.25, 0.3) is 10.8 Å². The SMILES string of the molecule is CCCCOC(=O)[C@H](c1ccccc1)N(C)Cc1ccc2c(Cl)cnc(N=C(N)N)c2c1. The van der Waals surface area contributed by atoms with Crippen molar-refractivity contribution in [1.29, 1.82) is 0 Å².